The van der Waals surface area contributed by atoms with Crippen molar-refractivity contribution in [1.29, 1.82) is 5.26 Å². The van der Waals surface area contributed by atoms with Gasteiger partial charge in [-0.2, -0.15) is 5.26 Å². The zero-order valence-electron chi connectivity index (χ0n) is 10.3. The highest BCUT2D eigenvalue weighted by Gasteiger charge is 2.26. The van der Waals surface area contributed by atoms with Gasteiger partial charge < -0.3 is 5.73 Å². The van der Waals surface area contributed by atoms with Crippen molar-refractivity contribution in [3.8, 4) is 6.07 Å². The summed E-state index contributed by atoms with van der Waals surface area (Å²) in [5.41, 5.74) is 7.14. The quantitative estimate of drug-likeness (QED) is 0.872. The number of benzene rings is 1. The molecule has 0 radical (unpaired) electrons. The number of nitrogens with two attached hydrogens (primary N) is 1. The van der Waals surface area contributed by atoms with Gasteiger partial charge in [-0.15, -0.1) is 0 Å². The molecule has 0 saturated carbocycles. The second kappa shape index (κ2) is 5.65. The fourth-order valence-corrected chi connectivity index (χ4v) is 2.48. The Morgan fingerprint density at radius 1 is 1.50 bits per heavy atom. The van der Waals surface area contributed by atoms with Crippen molar-refractivity contribution in [3.63, 3.8) is 0 Å². The maximum atomic E-state index is 11.4. The van der Waals surface area contributed by atoms with E-state index < -0.39 is 0 Å². The molecule has 0 bridgehead atoms. The van der Waals surface area contributed by atoms with Crippen molar-refractivity contribution < 1.29 is 4.79 Å². The zero-order valence-corrected chi connectivity index (χ0v) is 10.3. The van der Waals surface area contributed by atoms with Gasteiger partial charge in [0.1, 0.15) is 0 Å². The molecule has 1 aromatic carbocycles. The second-order valence-corrected chi connectivity index (χ2v) is 4.70. The molecule has 1 aliphatic heterocycles. The summed E-state index contributed by atoms with van der Waals surface area (Å²) in [4.78, 5) is 13.5. The molecule has 1 amide bonds. The van der Waals surface area contributed by atoms with Crippen LogP contribution in [0.2, 0.25) is 0 Å². The van der Waals surface area contributed by atoms with Gasteiger partial charge in [-0.05, 0) is 37.1 Å². The molecule has 1 aromatic rings. The van der Waals surface area contributed by atoms with Crippen molar-refractivity contribution in [2.45, 2.75) is 31.8 Å². The van der Waals surface area contributed by atoms with Crippen LogP contribution in [0.3, 0.4) is 0 Å². The summed E-state index contributed by atoms with van der Waals surface area (Å²) in [7, 11) is 0. The lowest BCUT2D eigenvalue weighted by Gasteiger charge is -2.33. The van der Waals surface area contributed by atoms with E-state index in [1.165, 1.54) is 0 Å². The molecule has 0 aliphatic carbocycles. The molecular weight excluding hydrogens is 226 g/mol. The molecule has 2 rings (SSSR count). The monoisotopic (exact) mass is 243 g/mol. The Kier molecular flexibility index (Phi) is 3.96. The second-order valence-electron chi connectivity index (χ2n) is 4.70. The average Bonchev–Trinajstić information content (AvgIpc) is 2.39. The molecule has 4 nitrogen and oxygen atoms in total. The number of amides is 1. The zero-order chi connectivity index (χ0) is 13.0. The summed E-state index contributed by atoms with van der Waals surface area (Å²) in [6, 6.07) is 9.47. The minimum Gasteiger partial charge on any atom is -0.368 e. The number of rotatable bonds is 3. The normalized spacial score (nSPS) is 20.3. The Balaban J connectivity index is 2.11. The van der Waals surface area contributed by atoms with Crippen LogP contribution < -0.4 is 5.73 Å². The third kappa shape index (κ3) is 2.88. The third-order valence-electron chi connectivity index (χ3n) is 3.38. The number of hydrogen-bond acceptors (Lipinski definition) is 3. The SMILES string of the molecule is N#Cc1cccc(CN2CCCCC2C(N)=O)c1. The standard InChI is InChI=1S/C14H17N3O/c15-9-11-4-3-5-12(8-11)10-17-7-2-1-6-13(17)14(16)18/h3-5,8,13H,1-2,6-7,10H2,(H2,16,18). The van der Waals surface area contributed by atoms with Crippen LogP contribution in [0.1, 0.15) is 30.4 Å². The van der Waals surface area contributed by atoms with Crippen LogP contribution in [0.5, 0.6) is 0 Å². The number of hydrogen-bond donors (Lipinski definition) is 1. The number of likely N-dealkylation sites (tertiary alicyclic amines) is 1. The topological polar surface area (TPSA) is 70.1 Å². The summed E-state index contributed by atoms with van der Waals surface area (Å²) >= 11 is 0. The van der Waals surface area contributed by atoms with Crippen LogP contribution in [-0.4, -0.2) is 23.4 Å². The van der Waals surface area contributed by atoms with E-state index in [2.05, 4.69) is 11.0 Å². The summed E-state index contributed by atoms with van der Waals surface area (Å²) in [6.07, 6.45) is 3.00. The van der Waals surface area contributed by atoms with E-state index in [0.29, 0.717) is 12.1 Å². The molecule has 1 unspecified atom stereocenters. The van der Waals surface area contributed by atoms with Crippen LogP contribution in [0.25, 0.3) is 0 Å². The van der Waals surface area contributed by atoms with E-state index in [1.807, 2.05) is 18.2 Å². The molecule has 0 spiro atoms. The molecule has 1 aliphatic rings. The smallest absolute Gasteiger partial charge is 0.234 e. The van der Waals surface area contributed by atoms with Gasteiger partial charge in [-0.25, -0.2) is 0 Å². The van der Waals surface area contributed by atoms with Crippen molar-refractivity contribution in [3.05, 3.63) is 35.4 Å². The Morgan fingerprint density at radius 3 is 3.06 bits per heavy atom. The summed E-state index contributed by atoms with van der Waals surface area (Å²) < 4.78 is 0. The molecule has 1 heterocycles. The first-order chi connectivity index (χ1) is 8.70. The van der Waals surface area contributed by atoms with E-state index in [9.17, 15) is 4.79 Å². The number of carbonyl (C=O) groups excluding carboxylic acids is 1. The highest BCUT2D eigenvalue weighted by molar-refractivity contribution is 5.79. The molecule has 2 N–H and O–H groups in total. The maximum Gasteiger partial charge on any atom is 0.234 e. The molecular formula is C14H17N3O. The lowest BCUT2D eigenvalue weighted by molar-refractivity contribution is -0.124. The summed E-state index contributed by atoms with van der Waals surface area (Å²) in [5, 5.41) is 8.87. The Labute approximate surface area is 107 Å². The Morgan fingerprint density at radius 2 is 2.33 bits per heavy atom. The van der Waals surface area contributed by atoms with Gasteiger partial charge in [0.2, 0.25) is 5.91 Å². The molecule has 1 saturated heterocycles. The largest absolute Gasteiger partial charge is 0.368 e. The Bertz CT molecular complexity index is 478. The van der Waals surface area contributed by atoms with Crippen LogP contribution in [0.15, 0.2) is 24.3 Å². The summed E-state index contributed by atoms with van der Waals surface area (Å²) in [6.45, 7) is 1.58. The summed E-state index contributed by atoms with van der Waals surface area (Å²) in [5.74, 6) is -0.244. The van der Waals surface area contributed by atoms with Crippen molar-refractivity contribution in [2.24, 2.45) is 5.73 Å². The Hall–Kier alpha value is -1.86. The van der Waals surface area contributed by atoms with Crippen LogP contribution in [0, 0.1) is 11.3 Å². The van der Waals surface area contributed by atoms with E-state index >= 15 is 0 Å². The molecule has 4 heteroatoms. The molecule has 0 aromatic heterocycles. The van der Waals surface area contributed by atoms with Crippen molar-refractivity contribution in [1.82, 2.24) is 4.90 Å². The first kappa shape index (κ1) is 12.6. The minimum absolute atomic E-state index is 0.163. The van der Waals surface area contributed by atoms with Crippen LogP contribution >= 0.6 is 0 Å². The van der Waals surface area contributed by atoms with Gasteiger partial charge in [-0.3, -0.25) is 9.69 Å². The highest BCUT2D eigenvalue weighted by atomic mass is 16.1. The molecule has 1 atom stereocenters. The highest BCUT2D eigenvalue weighted by Crippen LogP contribution is 2.19. The van der Waals surface area contributed by atoms with Gasteiger partial charge in [0, 0.05) is 6.54 Å². The van der Waals surface area contributed by atoms with Gasteiger partial charge in [-0.1, -0.05) is 18.6 Å². The van der Waals surface area contributed by atoms with E-state index in [4.69, 9.17) is 11.0 Å². The van der Waals surface area contributed by atoms with Crippen molar-refractivity contribution >= 4 is 5.91 Å². The molecule has 94 valence electrons. The molecule has 18 heavy (non-hydrogen) atoms. The lowest BCUT2D eigenvalue weighted by atomic mass is 10.0. The maximum absolute atomic E-state index is 11.4. The van der Waals surface area contributed by atoms with E-state index in [0.717, 1.165) is 31.4 Å². The third-order valence-corrected chi connectivity index (χ3v) is 3.38. The fraction of sp³-hybridized carbons (Fsp3) is 0.429. The van der Waals surface area contributed by atoms with Gasteiger partial charge in [0.15, 0.2) is 0 Å². The number of primary amides is 1. The minimum atomic E-state index is -0.244. The number of piperidine rings is 1. The predicted octanol–water partition coefficient (Wildman–Crippen LogP) is 1.40. The van der Waals surface area contributed by atoms with Crippen LogP contribution in [0.4, 0.5) is 0 Å². The predicted molar refractivity (Wildman–Crippen MR) is 68.4 cm³/mol. The first-order valence-corrected chi connectivity index (χ1v) is 6.23. The average molecular weight is 243 g/mol. The molecule has 1 fully saturated rings. The van der Waals surface area contributed by atoms with Crippen LogP contribution in [-0.2, 0) is 11.3 Å². The van der Waals surface area contributed by atoms with Gasteiger partial charge >= 0.3 is 0 Å². The van der Waals surface area contributed by atoms with E-state index in [1.54, 1.807) is 6.07 Å². The van der Waals surface area contributed by atoms with Gasteiger partial charge in [0.05, 0.1) is 17.7 Å². The fourth-order valence-electron chi connectivity index (χ4n) is 2.48. The number of nitriles is 1. The number of carbonyl (C=O) groups is 1. The van der Waals surface area contributed by atoms with Crippen molar-refractivity contribution in [2.75, 3.05) is 6.54 Å². The van der Waals surface area contributed by atoms with Gasteiger partial charge in [0.25, 0.3) is 0 Å². The number of nitrogens with zero attached hydrogens (tertiary/aromatic N) is 2. The first-order valence-electron chi connectivity index (χ1n) is 6.23. The lowest BCUT2D eigenvalue weighted by Crippen LogP contribution is -2.47. The van der Waals surface area contributed by atoms with E-state index in [-0.39, 0.29) is 11.9 Å².